The zero-order chi connectivity index (χ0) is 18.0. The van der Waals surface area contributed by atoms with Crippen molar-refractivity contribution in [3.05, 3.63) is 30.3 Å². The van der Waals surface area contributed by atoms with E-state index in [1.54, 1.807) is 18.7 Å². The highest BCUT2D eigenvalue weighted by atomic mass is 32.2. The summed E-state index contributed by atoms with van der Waals surface area (Å²) in [6.07, 6.45) is 0.758. The number of benzene rings is 1. The third-order valence-electron chi connectivity index (χ3n) is 3.43. The molecule has 0 saturated carbocycles. The van der Waals surface area contributed by atoms with E-state index in [4.69, 9.17) is 9.47 Å². The topological polar surface area (TPSA) is 52.6 Å². The zero-order valence-electron chi connectivity index (χ0n) is 15.0. The molecule has 0 aromatic heterocycles. The minimum absolute atomic E-state index is 0.238. The average Bonchev–Trinajstić information content (AvgIpc) is 2.53. The van der Waals surface area contributed by atoms with E-state index >= 15 is 0 Å². The maximum absolute atomic E-state index is 12.7. The summed E-state index contributed by atoms with van der Waals surface area (Å²) in [5, 5.41) is 0. The summed E-state index contributed by atoms with van der Waals surface area (Å²) in [6, 6.07) is 9.86. The van der Waals surface area contributed by atoms with Gasteiger partial charge in [0.05, 0.1) is 14.4 Å². The molecule has 1 aromatic rings. The second kappa shape index (κ2) is 11.0. The van der Waals surface area contributed by atoms with Crippen molar-refractivity contribution in [1.29, 1.82) is 0 Å². The summed E-state index contributed by atoms with van der Waals surface area (Å²) >= 11 is 1.56. The van der Waals surface area contributed by atoms with Gasteiger partial charge in [-0.2, -0.15) is 0 Å². The molecule has 0 spiro atoms. The Morgan fingerprint density at radius 2 is 1.88 bits per heavy atom. The molecular formula is C18H29O4PS. The lowest BCUT2D eigenvalue weighted by atomic mass is 9.94. The predicted octanol–water partition coefficient (Wildman–Crippen LogP) is 4.68. The van der Waals surface area contributed by atoms with Crippen LogP contribution in [0.1, 0.15) is 34.1 Å². The fourth-order valence-electron chi connectivity index (χ4n) is 2.65. The van der Waals surface area contributed by atoms with Gasteiger partial charge >= 0.3 is 5.97 Å². The van der Waals surface area contributed by atoms with Gasteiger partial charge < -0.3 is 14.0 Å². The van der Waals surface area contributed by atoms with Crippen LogP contribution in [-0.4, -0.2) is 36.4 Å². The Morgan fingerprint density at radius 3 is 2.42 bits per heavy atom. The lowest BCUT2D eigenvalue weighted by molar-refractivity contribution is -0.171. The molecule has 1 rings (SSSR count). The molecule has 2 unspecified atom stereocenters. The number of rotatable bonds is 11. The molecule has 0 aliphatic heterocycles. The molecule has 2 atom stereocenters. The minimum atomic E-state index is -1.99. The van der Waals surface area contributed by atoms with Crippen molar-refractivity contribution in [2.75, 3.05) is 24.9 Å². The SMILES string of the molecule is CCOC(=O)C(CC(C)C)(C[PH](=O)CSc1ccccc1)OCC. The molecule has 0 N–H and O–H groups in total. The number of hydrogen-bond acceptors (Lipinski definition) is 5. The van der Waals surface area contributed by atoms with Crippen LogP contribution in [-0.2, 0) is 18.8 Å². The van der Waals surface area contributed by atoms with Gasteiger partial charge in [0.2, 0.25) is 0 Å². The van der Waals surface area contributed by atoms with Crippen LogP contribution in [0, 0.1) is 5.92 Å². The van der Waals surface area contributed by atoms with Gasteiger partial charge in [-0.3, -0.25) is 0 Å². The van der Waals surface area contributed by atoms with E-state index < -0.39 is 13.4 Å². The van der Waals surface area contributed by atoms with Crippen LogP contribution in [0.4, 0.5) is 0 Å². The summed E-state index contributed by atoms with van der Waals surface area (Å²) in [4.78, 5) is 13.6. The molecule has 24 heavy (non-hydrogen) atoms. The highest BCUT2D eigenvalue weighted by molar-refractivity contribution is 8.03. The molecule has 4 nitrogen and oxygen atoms in total. The predicted molar refractivity (Wildman–Crippen MR) is 101 cm³/mol. The average molecular weight is 372 g/mol. The monoisotopic (exact) mass is 372 g/mol. The number of esters is 1. The highest BCUT2D eigenvalue weighted by Gasteiger charge is 2.42. The van der Waals surface area contributed by atoms with E-state index in [1.807, 2.05) is 51.1 Å². The summed E-state index contributed by atoms with van der Waals surface area (Å²) in [6.45, 7) is 8.38. The van der Waals surface area contributed by atoms with Crippen LogP contribution in [0.15, 0.2) is 35.2 Å². The van der Waals surface area contributed by atoms with Crippen molar-refractivity contribution < 1.29 is 18.8 Å². The molecule has 0 radical (unpaired) electrons. The Morgan fingerprint density at radius 1 is 1.21 bits per heavy atom. The van der Waals surface area contributed by atoms with Gasteiger partial charge in [0.15, 0.2) is 5.60 Å². The van der Waals surface area contributed by atoms with Gasteiger partial charge in [-0.15, -0.1) is 11.8 Å². The molecule has 1 aromatic carbocycles. The summed E-state index contributed by atoms with van der Waals surface area (Å²) in [5.41, 5.74) is -0.590. The Hall–Kier alpha value is -0.770. The fourth-order valence-corrected chi connectivity index (χ4v) is 5.74. The van der Waals surface area contributed by atoms with Gasteiger partial charge in [-0.05, 0) is 38.3 Å². The Kier molecular flexibility index (Phi) is 9.72. The zero-order valence-corrected chi connectivity index (χ0v) is 16.9. The smallest absolute Gasteiger partial charge is 0.338 e. The van der Waals surface area contributed by atoms with Crippen molar-refractivity contribution in [2.45, 2.75) is 44.6 Å². The number of hydrogen-bond donors (Lipinski definition) is 0. The molecule has 136 valence electrons. The lowest BCUT2D eigenvalue weighted by Gasteiger charge is -2.32. The molecular weight excluding hydrogens is 343 g/mol. The Labute approximate surface area is 150 Å². The molecule has 0 amide bonds. The summed E-state index contributed by atoms with van der Waals surface area (Å²) in [5.74, 6) is -0.138. The van der Waals surface area contributed by atoms with Crippen LogP contribution in [0.25, 0.3) is 0 Å². The standard InChI is InChI=1S/C18H29O4PS/c1-5-21-17(19)18(22-6-2,12-15(3)4)13-23(20)14-24-16-10-8-7-9-11-16/h7-11,15,23H,5-6,12-14H2,1-4H3. The molecule has 0 fully saturated rings. The first-order chi connectivity index (χ1) is 11.4. The van der Waals surface area contributed by atoms with Crippen molar-refractivity contribution in [1.82, 2.24) is 0 Å². The Bertz CT molecular complexity index is 521. The van der Waals surface area contributed by atoms with Gasteiger partial charge in [0.25, 0.3) is 0 Å². The Balaban J connectivity index is 2.81. The summed E-state index contributed by atoms with van der Waals surface area (Å²) in [7, 11) is -1.99. The van der Waals surface area contributed by atoms with Crippen molar-refractivity contribution in [2.24, 2.45) is 5.92 Å². The van der Waals surface area contributed by atoms with Gasteiger partial charge in [0.1, 0.15) is 0 Å². The molecule has 6 heteroatoms. The highest BCUT2D eigenvalue weighted by Crippen LogP contribution is 2.38. The number of carbonyl (C=O) groups is 1. The van der Waals surface area contributed by atoms with Crippen molar-refractivity contribution in [3.63, 3.8) is 0 Å². The normalized spacial score (nSPS) is 15.0. The second-order valence-corrected chi connectivity index (χ2v) is 9.41. The molecule has 0 heterocycles. The van der Waals surface area contributed by atoms with E-state index in [2.05, 4.69) is 0 Å². The van der Waals surface area contributed by atoms with Gasteiger partial charge in [0, 0.05) is 23.2 Å². The van der Waals surface area contributed by atoms with Crippen LogP contribution in [0.5, 0.6) is 0 Å². The first kappa shape index (κ1) is 21.3. The number of carbonyl (C=O) groups excluding carboxylic acids is 1. The van der Waals surface area contributed by atoms with Crippen LogP contribution < -0.4 is 0 Å². The molecule has 0 aliphatic carbocycles. The summed E-state index contributed by atoms with van der Waals surface area (Å²) < 4.78 is 23.7. The van der Waals surface area contributed by atoms with Crippen molar-refractivity contribution >= 4 is 25.5 Å². The third-order valence-corrected chi connectivity index (χ3v) is 6.87. The maximum Gasteiger partial charge on any atom is 0.338 e. The molecule has 0 aliphatic rings. The molecule has 0 saturated heterocycles. The van der Waals surface area contributed by atoms with Gasteiger partial charge in [-0.25, -0.2) is 4.79 Å². The van der Waals surface area contributed by atoms with E-state index in [0.717, 1.165) is 4.90 Å². The van der Waals surface area contributed by atoms with E-state index in [0.29, 0.717) is 25.1 Å². The fraction of sp³-hybridized carbons (Fsp3) is 0.611. The van der Waals surface area contributed by atoms with Crippen LogP contribution in [0.2, 0.25) is 0 Å². The quantitative estimate of drug-likeness (QED) is 0.321. The van der Waals surface area contributed by atoms with Crippen LogP contribution >= 0.6 is 19.6 Å². The second-order valence-electron chi connectivity index (χ2n) is 6.06. The maximum atomic E-state index is 12.7. The van der Waals surface area contributed by atoms with E-state index in [9.17, 15) is 9.36 Å². The minimum Gasteiger partial charge on any atom is -0.464 e. The number of ether oxygens (including phenoxy) is 2. The number of thioether (sulfide) groups is 1. The van der Waals surface area contributed by atoms with E-state index in [-0.39, 0.29) is 18.0 Å². The largest absolute Gasteiger partial charge is 0.464 e. The lowest BCUT2D eigenvalue weighted by Crippen LogP contribution is -2.46. The first-order valence-electron chi connectivity index (χ1n) is 8.44. The van der Waals surface area contributed by atoms with Crippen LogP contribution in [0.3, 0.4) is 0 Å². The van der Waals surface area contributed by atoms with Gasteiger partial charge in [-0.1, -0.05) is 32.0 Å². The van der Waals surface area contributed by atoms with E-state index in [1.165, 1.54) is 0 Å². The third kappa shape index (κ3) is 7.00. The van der Waals surface area contributed by atoms with Crippen molar-refractivity contribution in [3.8, 4) is 0 Å². The molecule has 0 bridgehead atoms. The first-order valence-corrected chi connectivity index (χ1v) is 11.2.